The Morgan fingerprint density at radius 2 is 1.76 bits per heavy atom. The largest absolute Gasteiger partial charge is 0.457 e. The van der Waals surface area contributed by atoms with Crippen LogP contribution in [0.2, 0.25) is 0 Å². The summed E-state index contributed by atoms with van der Waals surface area (Å²) in [5.74, 6) is -0.549. The van der Waals surface area contributed by atoms with Gasteiger partial charge in [-0.05, 0) is 13.8 Å². The third-order valence-electron chi connectivity index (χ3n) is 2.07. The molecular weight excluding hydrogens is 228 g/mol. The summed E-state index contributed by atoms with van der Waals surface area (Å²) in [7, 11) is 0. The standard InChI is InChI=1S/C11H22O6/c1-4-15-11(16-5-2)6-9(14)10(7-12)17-8(3)13/h9-12,14H,4-7H2,1-3H3/t9-,10+/m0/s1. The van der Waals surface area contributed by atoms with Crippen LogP contribution in [0.3, 0.4) is 0 Å². The highest BCUT2D eigenvalue weighted by molar-refractivity contribution is 5.66. The number of esters is 1. The predicted octanol–water partition coefficient (Wildman–Crippen LogP) is 0.0605. The van der Waals surface area contributed by atoms with Gasteiger partial charge in [0.25, 0.3) is 0 Å². The number of carbonyl (C=O) groups excluding carboxylic acids is 1. The third-order valence-corrected chi connectivity index (χ3v) is 2.07. The number of ether oxygens (including phenoxy) is 3. The van der Waals surface area contributed by atoms with Gasteiger partial charge in [-0.25, -0.2) is 0 Å². The van der Waals surface area contributed by atoms with E-state index in [1.807, 2.05) is 13.8 Å². The highest BCUT2D eigenvalue weighted by Crippen LogP contribution is 2.11. The number of hydrogen-bond donors (Lipinski definition) is 2. The Labute approximate surface area is 101 Å². The molecule has 2 N–H and O–H groups in total. The Hall–Kier alpha value is -0.690. The van der Waals surface area contributed by atoms with Crippen molar-refractivity contribution in [3.63, 3.8) is 0 Å². The fourth-order valence-electron chi connectivity index (χ4n) is 1.36. The maximum absolute atomic E-state index is 10.7. The monoisotopic (exact) mass is 250 g/mol. The van der Waals surface area contributed by atoms with Crippen LogP contribution in [0.15, 0.2) is 0 Å². The van der Waals surface area contributed by atoms with E-state index < -0.39 is 31.1 Å². The van der Waals surface area contributed by atoms with E-state index in [1.165, 1.54) is 6.92 Å². The summed E-state index contributed by atoms with van der Waals surface area (Å²) in [4.78, 5) is 10.7. The van der Waals surface area contributed by atoms with Crippen LogP contribution in [0.25, 0.3) is 0 Å². The number of hydrogen-bond acceptors (Lipinski definition) is 6. The molecule has 0 rings (SSSR count). The Balaban J connectivity index is 4.23. The van der Waals surface area contributed by atoms with Crippen LogP contribution >= 0.6 is 0 Å². The first-order chi connectivity index (χ1) is 8.04. The lowest BCUT2D eigenvalue weighted by Gasteiger charge is -2.24. The minimum Gasteiger partial charge on any atom is -0.457 e. The van der Waals surface area contributed by atoms with Crippen molar-refractivity contribution in [1.29, 1.82) is 0 Å². The molecule has 6 heteroatoms. The van der Waals surface area contributed by atoms with E-state index in [0.717, 1.165) is 0 Å². The fourth-order valence-corrected chi connectivity index (χ4v) is 1.36. The van der Waals surface area contributed by atoms with Crippen molar-refractivity contribution >= 4 is 5.97 Å². The van der Waals surface area contributed by atoms with Gasteiger partial charge in [-0.15, -0.1) is 0 Å². The second kappa shape index (κ2) is 9.35. The quantitative estimate of drug-likeness (QED) is 0.444. The average Bonchev–Trinajstić information content (AvgIpc) is 2.26. The zero-order valence-electron chi connectivity index (χ0n) is 10.6. The number of aliphatic hydroxyl groups is 2. The molecule has 0 aliphatic carbocycles. The summed E-state index contributed by atoms with van der Waals surface area (Å²) >= 11 is 0. The number of rotatable bonds is 9. The molecule has 0 amide bonds. The first-order valence-corrected chi connectivity index (χ1v) is 5.74. The van der Waals surface area contributed by atoms with Gasteiger partial charge in [0.2, 0.25) is 0 Å². The summed E-state index contributed by atoms with van der Waals surface area (Å²) in [6.07, 6.45) is -2.40. The van der Waals surface area contributed by atoms with Gasteiger partial charge >= 0.3 is 5.97 Å². The van der Waals surface area contributed by atoms with Gasteiger partial charge in [-0.1, -0.05) is 0 Å². The minimum atomic E-state index is -1.02. The SMILES string of the molecule is CCOC(C[C@H](O)[C@@H](CO)OC(C)=O)OCC. The van der Waals surface area contributed by atoms with E-state index in [-0.39, 0.29) is 6.42 Å². The molecule has 0 fully saturated rings. The molecule has 2 atom stereocenters. The molecule has 6 nitrogen and oxygen atoms in total. The van der Waals surface area contributed by atoms with E-state index >= 15 is 0 Å². The van der Waals surface area contributed by atoms with Gasteiger partial charge in [0.05, 0.1) is 12.7 Å². The third kappa shape index (κ3) is 7.27. The Bertz CT molecular complexity index is 202. The maximum atomic E-state index is 10.7. The highest BCUT2D eigenvalue weighted by atomic mass is 16.7. The Morgan fingerprint density at radius 1 is 1.24 bits per heavy atom. The van der Waals surface area contributed by atoms with Crippen LogP contribution in [0.5, 0.6) is 0 Å². The Kier molecular flexibility index (Phi) is 8.97. The molecule has 17 heavy (non-hydrogen) atoms. The normalized spacial score (nSPS) is 14.7. The molecule has 0 radical (unpaired) electrons. The molecule has 0 saturated heterocycles. The molecule has 0 spiro atoms. The van der Waals surface area contributed by atoms with Crippen LogP contribution in [0.1, 0.15) is 27.2 Å². The lowest BCUT2D eigenvalue weighted by Crippen LogP contribution is -2.37. The van der Waals surface area contributed by atoms with Gasteiger partial charge < -0.3 is 24.4 Å². The van der Waals surface area contributed by atoms with E-state index in [0.29, 0.717) is 13.2 Å². The molecule has 102 valence electrons. The van der Waals surface area contributed by atoms with Crippen LogP contribution in [-0.2, 0) is 19.0 Å². The van der Waals surface area contributed by atoms with Crippen LogP contribution in [0, 0.1) is 0 Å². The molecule has 0 aromatic carbocycles. The smallest absolute Gasteiger partial charge is 0.303 e. The van der Waals surface area contributed by atoms with Crippen molar-refractivity contribution in [2.45, 2.75) is 45.7 Å². The molecule has 0 aliphatic rings. The van der Waals surface area contributed by atoms with E-state index in [9.17, 15) is 9.90 Å². The van der Waals surface area contributed by atoms with Crippen LogP contribution in [-0.4, -0.2) is 54.5 Å². The van der Waals surface area contributed by atoms with Gasteiger partial charge in [-0.2, -0.15) is 0 Å². The van der Waals surface area contributed by atoms with Gasteiger partial charge in [0.1, 0.15) is 0 Å². The maximum Gasteiger partial charge on any atom is 0.303 e. The van der Waals surface area contributed by atoms with Crippen molar-refractivity contribution in [3.8, 4) is 0 Å². The summed E-state index contributed by atoms with van der Waals surface area (Å²) in [5, 5.41) is 18.8. The van der Waals surface area contributed by atoms with Gasteiger partial charge in [-0.3, -0.25) is 4.79 Å². The van der Waals surface area contributed by atoms with Crippen molar-refractivity contribution in [2.75, 3.05) is 19.8 Å². The second-order valence-corrected chi connectivity index (χ2v) is 3.47. The number of carbonyl (C=O) groups is 1. The van der Waals surface area contributed by atoms with Crippen molar-refractivity contribution in [3.05, 3.63) is 0 Å². The average molecular weight is 250 g/mol. The zero-order chi connectivity index (χ0) is 13.3. The van der Waals surface area contributed by atoms with Gasteiger partial charge in [0.15, 0.2) is 12.4 Å². The van der Waals surface area contributed by atoms with E-state index in [1.54, 1.807) is 0 Å². The molecule has 0 aliphatic heterocycles. The second-order valence-electron chi connectivity index (χ2n) is 3.47. The highest BCUT2D eigenvalue weighted by Gasteiger charge is 2.25. The molecule has 0 bridgehead atoms. The van der Waals surface area contributed by atoms with Crippen molar-refractivity contribution in [2.24, 2.45) is 0 Å². The van der Waals surface area contributed by atoms with Crippen molar-refractivity contribution < 1.29 is 29.2 Å². The van der Waals surface area contributed by atoms with Gasteiger partial charge in [0, 0.05) is 26.6 Å². The van der Waals surface area contributed by atoms with Crippen LogP contribution < -0.4 is 0 Å². The first-order valence-electron chi connectivity index (χ1n) is 5.74. The fraction of sp³-hybridized carbons (Fsp3) is 0.909. The zero-order valence-corrected chi connectivity index (χ0v) is 10.6. The molecular formula is C11H22O6. The topological polar surface area (TPSA) is 85.2 Å². The molecule has 0 saturated carbocycles. The summed E-state index contributed by atoms with van der Waals surface area (Å²) in [5.41, 5.74) is 0. The predicted molar refractivity (Wildman–Crippen MR) is 60.3 cm³/mol. The summed E-state index contributed by atoms with van der Waals surface area (Å²) < 4.78 is 15.3. The summed E-state index contributed by atoms with van der Waals surface area (Å²) in [6.45, 7) is 5.31. The van der Waals surface area contributed by atoms with Crippen LogP contribution in [0.4, 0.5) is 0 Å². The molecule has 0 aromatic rings. The molecule has 0 unspecified atom stereocenters. The van der Waals surface area contributed by atoms with Crippen molar-refractivity contribution in [1.82, 2.24) is 0 Å². The first kappa shape index (κ1) is 16.3. The lowest BCUT2D eigenvalue weighted by molar-refractivity contribution is -0.176. The minimum absolute atomic E-state index is 0.139. The Morgan fingerprint density at radius 3 is 2.12 bits per heavy atom. The molecule has 0 heterocycles. The van der Waals surface area contributed by atoms with E-state index in [4.69, 9.17) is 19.3 Å². The van der Waals surface area contributed by atoms with E-state index in [2.05, 4.69) is 0 Å². The lowest BCUT2D eigenvalue weighted by atomic mass is 10.1. The molecule has 0 aromatic heterocycles. The number of aliphatic hydroxyl groups excluding tert-OH is 2. The summed E-state index contributed by atoms with van der Waals surface area (Å²) in [6, 6.07) is 0.